The molecule has 0 aliphatic rings. The molecule has 0 bridgehead atoms. The number of hydrogen-bond donors (Lipinski definition) is 1. The van der Waals surface area contributed by atoms with Crippen LogP contribution in [0.1, 0.15) is 27.0 Å². The first-order valence-corrected chi connectivity index (χ1v) is 13.4. The quantitative estimate of drug-likeness (QED) is 0.181. The van der Waals surface area contributed by atoms with Gasteiger partial charge in [-0.3, -0.25) is 4.79 Å². The van der Waals surface area contributed by atoms with Gasteiger partial charge in [-0.25, -0.2) is 9.78 Å². The number of fused-ring (bicyclic) bond motifs is 1. The Labute approximate surface area is 250 Å². The first-order chi connectivity index (χ1) is 20.5. The molecule has 8 nitrogen and oxygen atoms in total. The van der Waals surface area contributed by atoms with Crippen LogP contribution in [0.5, 0.6) is 11.5 Å². The molecule has 0 radical (unpaired) electrons. The molecule has 1 aromatic heterocycles. The fourth-order valence-electron chi connectivity index (χ4n) is 4.26. The maximum atomic E-state index is 13.6. The Morgan fingerprint density at radius 2 is 1.79 bits per heavy atom. The summed E-state index contributed by atoms with van der Waals surface area (Å²) in [6, 6.07) is 20.4. The maximum absolute atomic E-state index is 13.6. The number of carbonyl (C=O) groups is 1. The van der Waals surface area contributed by atoms with Crippen molar-refractivity contribution in [3.05, 3.63) is 122 Å². The number of alkyl halides is 3. The van der Waals surface area contributed by atoms with Gasteiger partial charge in [0.15, 0.2) is 17.3 Å². The highest BCUT2D eigenvalue weighted by molar-refractivity contribution is 9.10. The second-order valence-electron chi connectivity index (χ2n) is 9.21. The summed E-state index contributed by atoms with van der Waals surface area (Å²) in [4.78, 5) is 29.2. The number of hydrogen-bond acceptors (Lipinski definition) is 6. The van der Waals surface area contributed by atoms with Crippen LogP contribution in [0, 0.1) is 0 Å². The Kier molecular flexibility index (Phi) is 8.31. The van der Waals surface area contributed by atoms with Crippen LogP contribution in [0.3, 0.4) is 0 Å². The summed E-state index contributed by atoms with van der Waals surface area (Å²) in [5.41, 5.74) is 0.0483. The third-order valence-corrected chi connectivity index (χ3v) is 6.82. The van der Waals surface area contributed by atoms with E-state index in [0.29, 0.717) is 26.9 Å². The van der Waals surface area contributed by atoms with Crippen molar-refractivity contribution in [2.45, 2.75) is 12.8 Å². The van der Waals surface area contributed by atoms with Crippen molar-refractivity contribution in [2.24, 2.45) is 5.10 Å². The minimum Gasteiger partial charge on any atom is -0.493 e. The molecule has 5 rings (SSSR count). The molecular weight excluding hydrogens is 631 g/mol. The third-order valence-electron chi connectivity index (χ3n) is 6.37. The molecule has 0 amide bonds. The molecule has 0 saturated heterocycles. The summed E-state index contributed by atoms with van der Waals surface area (Å²) < 4.78 is 53.6. The average molecular weight is 652 g/mol. The van der Waals surface area contributed by atoms with Crippen LogP contribution in [0.15, 0.2) is 99.3 Å². The smallest absolute Gasteiger partial charge is 0.416 e. The van der Waals surface area contributed by atoms with Crippen LogP contribution < -0.4 is 15.0 Å². The van der Waals surface area contributed by atoms with E-state index in [-0.39, 0.29) is 34.7 Å². The van der Waals surface area contributed by atoms with Crippen LogP contribution in [0.2, 0.25) is 0 Å². The minimum atomic E-state index is -4.60. The number of benzene rings is 4. The van der Waals surface area contributed by atoms with Gasteiger partial charge in [-0.15, -0.1) is 0 Å². The fourth-order valence-corrected chi connectivity index (χ4v) is 4.72. The normalized spacial score (nSPS) is 11.7. The number of ether oxygens (including phenoxy) is 2. The molecule has 43 heavy (non-hydrogen) atoms. The summed E-state index contributed by atoms with van der Waals surface area (Å²) in [7, 11) is 1.45. The van der Waals surface area contributed by atoms with Gasteiger partial charge in [-0.2, -0.15) is 22.9 Å². The number of nitrogens with zero attached hydrogens (tertiary/aromatic N) is 3. The van der Waals surface area contributed by atoms with E-state index in [1.54, 1.807) is 48.5 Å². The van der Waals surface area contributed by atoms with E-state index in [2.05, 4.69) is 26.0 Å². The van der Waals surface area contributed by atoms with Crippen LogP contribution >= 0.6 is 15.9 Å². The first kappa shape index (κ1) is 29.5. The van der Waals surface area contributed by atoms with E-state index in [9.17, 15) is 22.8 Å². The second kappa shape index (κ2) is 12.1. The summed E-state index contributed by atoms with van der Waals surface area (Å²) in [5.74, 6) is -0.545. The number of carboxylic acid groups (broad SMARTS) is 1. The average Bonchev–Trinajstić information content (AvgIpc) is 2.99. The molecule has 0 atom stereocenters. The zero-order valence-corrected chi connectivity index (χ0v) is 23.9. The van der Waals surface area contributed by atoms with Crippen LogP contribution in [0.4, 0.5) is 13.2 Å². The van der Waals surface area contributed by atoms with E-state index in [1.807, 2.05) is 0 Å². The predicted molar refractivity (Wildman–Crippen MR) is 158 cm³/mol. The van der Waals surface area contributed by atoms with Gasteiger partial charge in [-0.1, -0.05) is 52.3 Å². The fraction of sp³-hybridized carbons (Fsp3) is 0.0968. The summed E-state index contributed by atoms with van der Waals surface area (Å²) in [6.07, 6.45) is -3.28. The Balaban J connectivity index is 1.60. The van der Waals surface area contributed by atoms with Crippen LogP contribution in [0.25, 0.3) is 22.3 Å². The minimum absolute atomic E-state index is 0.0444. The lowest BCUT2D eigenvalue weighted by Crippen LogP contribution is -2.20. The van der Waals surface area contributed by atoms with Gasteiger partial charge in [0.25, 0.3) is 5.56 Å². The third kappa shape index (κ3) is 6.44. The summed E-state index contributed by atoms with van der Waals surface area (Å²) in [6.45, 7) is 0.0473. The van der Waals surface area contributed by atoms with E-state index in [4.69, 9.17) is 14.6 Å². The Hall–Kier alpha value is -4.97. The van der Waals surface area contributed by atoms with E-state index >= 15 is 0 Å². The SMILES string of the molecule is COc1cc(Br)cc(C=Nn2c(-c3cccc(C(F)(F)F)c3)nc3ccccc3c2=O)c1OCc1ccc(C(=O)O)cc1. The van der Waals surface area contributed by atoms with Crippen molar-refractivity contribution < 1.29 is 32.5 Å². The zero-order valence-electron chi connectivity index (χ0n) is 22.3. The van der Waals surface area contributed by atoms with E-state index < -0.39 is 23.3 Å². The van der Waals surface area contributed by atoms with Gasteiger partial charge in [0.1, 0.15) is 6.61 Å². The molecule has 0 aliphatic heterocycles. The highest BCUT2D eigenvalue weighted by Crippen LogP contribution is 2.35. The number of halogens is 4. The molecule has 1 N–H and O–H groups in total. The molecule has 0 spiro atoms. The molecular formula is C31H21BrF3N3O5. The summed E-state index contributed by atoms with van der Waals surface area (Å²) in [5, 5.41) is 13.7. The number of rotatable bonds is 8. The standard InChI is InChI=1S/C31H21BrF3N3O5/c1-42-26-15-23(32)14-21(27(26)43-17-18-9-11-19(12-10-18)30(40)41)16-36-38-28(20-5-4-6-22(13-20)31(33,34)35)37-25-8-3-2-7-24(25)29(38)39/h2-16H,17H2,1H3,(H,40,41). The Morgan fingerprint density at radius 3 is 2.49 bits per heavy atom. The number of aromatic carboxylic acids is 1. The first-order valence-electron chi connectivity index (χ1n) is 12.6. The number of methoxy groups -OCH3 is 1. The zero-order chi connectivity index (χ0) is 30.7. The van der Waals surface area contributed by atoms with Gasteiger partial charge in [0, 0.05) is 15.6 Å². The maximum Gasteiger partial charge on any atom is 0.416 e. The van der Waals surface area contributed by atoms with Crippen molar-refractivity contribution in [3.8, 4) is 22.9 Å². The topological polar surface area (TPSA) is 103 Å². The van der Waals surface area contributed by atoms with Gasteiger partial charge >= 0.3 is 12.1 Å². The predicted octanol–water partition coefficient (Wildman–Crippen LogP) is 7.01. The number of carboxylic acids is 1. The Morgan fingerprint density at radius 1 is 1.05 bits per heavy atom. The highest BCUT2D eigenvalue weighted by Gasteiger charge is 2.31. The molecule has 0 fully saturated rings. The Bertz CT molecular complexity index is 1920. The van der Waals surface area contributed by atoms with E-state index in [1.165, 1.54) is 37.6 Å². The molecule has 5 aromatic rings. The molecule has 12 heteroatoms. The monoisotopic (exact) mass is 651 g/mol. The number of aromatic nitrogens is 2. The molecule has 0 aliphatic carbocycles. The molecule has 4 aromatic carbocycles. The van der Waals surface area contributed by atoms with Gasteiger partial charge in [0.05, 0.1) is 35.4 Å². The lowest BCUT2D eigenvalue weighted by atomic mass is 10.1. The number of para-hydroxylation sites is 1. The molecule has 0 saturated carbocycles. The van der Waals surface area contributed by atoms with Crippen LogP contribution in [-0.2, 0) is 12.8 Å². The van der Waals surface area contributed by atoms with Gasteiger partial charge in [0.2, 0.25) is 0 Å². The van der Waals surface area contributed by atoms with E-state index in [0.717, 1.165) is 16.8 Å². The van der Waals surface area contributed by atoms with Crippen molar-refractivity contribution in [1.82, 2.24) is 9.66 Å². The van der Waals surface area contributed by atoms with Crippen molar-refractivity contribution in [1.29, 1.82) is 0 Å². The molecule has 218 valence electrons. The van der Waals surface area contributed by atoms with Crippen molar-refractivity contribution in [2.75, 3.05) is 7.11 Å². The largest absolute Gasteiger partial charge is 0.493 e. The van der Waals surface area contributed by atoms with Crippen molar-refractivity contribution >= 4 is 39.0 Å². The summed E-state index contributed by atoms with van der Waals surface area (Å²) >= 11 is 3.42. The van der Waals surface area contributed by atoms with Crippen LogP contribution in [-0.4, -0.2) is 34.1 Å². The van der Waals surface area contributed by atoms with Gasteiger partial charge < -0.3 is 14.6 Å². The lowest BCUT2D eigenvalue weighted by Gasteiger charge is -2.15. The molecule has 1 heterocycles. The highest BCUT2D eigenvalue weighted by atomic mass is 79.9. The van der Waals surface area contributed by atoms with Gasteiger partial charge in [-0.05, 0) is 54.1 Å². The lowest BCUT2D eigenvalue weighted by molar-refractivity contribution is -0.137. The van der Waals surface area contributed by atoms with Crippen molar-refractivity contribution in [3.63, 3.8) is 0 Å². The molecule has 0 unspecified atom stereocenters. The second-order valence-corrected chi connectivity index (χ2v) is 10.1.